The van der Waals surface area contributed by atoms with Crippen molar-refractivity contribution >= 4 is 8.32 Å². The summed E-state index contributed by atoms with van der Waals surface area (Å²) in [4.78, 5) is 0. The number of hydrogen-bond acceptors (Lipinski definition) is 7. The van der Waals surface area contributed by atoms with Gasteiger partial charge in [0.25, 0.3) is 0 Å². The fourth-order valence-corrected chi connectivity index (χ4v) is 6.22. The summed E-state index contributed by atoms with van der Waals surface area (Å²) in [5, 5.41) is 0. The second-order valence-corrected chi connectivity index (χ2v) is 16.9. The van der Waals surface area contributed by atoms with Crippen LogP contribution in [-0.2, 0) is 54.5 Å². The zero-order chi connectivity index (χ0) is 32.2. The number of benzene rings is 4. The zero-order valence-corrected chi connectivity index (χ0v) is 28.2. The molecule has 7 nitrogen and oxygen atoms in total. The Hall–Kier alpha value is -3.34. The molecule has 4 aromatic rings. The number of rotatable bonds is 16. The van der Waals surface area contributed by atoms with Crippen molar-refractivity contribution in [2.75, 3.05) is 13.7 Å². The van der Waals surface area contributed by atoms with Crippen LogP contribution in [0.3, 0.4) is 0 Å². The number of hydrogen-bond donors (Lipinski definition) is 0. The molecule has 0 spiro atoms. The Morgan fingerprint density at radius 1 is 0.543 bits per heavy atom. The van der Waals surface area contributed by atoms with Crippen molar-refractivity contribution in [3.8, 4) is 5.75 Å². The molecule has 0 amide bonds. The van der Waals surface area contributed by atoms with E-state index in [1.54, 1.807) is 7.11 Å². The van der Waals surface area contributed by atoms with Crippen LogP contribution in [0.15, 0.2) is 115 Å². The number of ether oxygens (including phenoxy) is 6. The Balaban J connectivity index is 1.44. The third-order valence-electron chi connectivity index (χ3n) is 7.63. The fourth-order valence-electron chi connectivity index (χ4n) is 5.34. The Bertz CT molecular complexity index is 1410. The van der Waals surface area contributed by atoms with E-state index in [1.165, 1.54) is 0 Å². The highest BCUT2D eigenvalue weighted by Gasteiger charge is 2.50. The summed E-state index contributed by atoms with van der Waals surface area (Å²) in [6.07, 6.45) is -2.72. The first-order valence-electron chi connectivity index (χ1n) is 15.9. The molecule has 0 unspecified atom stereocenters. The minimum atomic E-state index is -2.08. The van der Waals surface area contributed by atoms with Crippen LogP contribution in [0, 0.1) is 0 Å². The van der Waals surface area contributed by atoms with E-state index in [4.69, 9.17) is 32.8 Å². The van der Waals surface area contributed by atoms with Crippen molar-refractivity contribution in [2.24, 2.45) is 0 Å². The zero-order valence-electron chi connectivity index (χ0n) is 27.2. The van der Waals surface area contributed by atoms with Gasteiger partial charge in [0.05, 0.1) is 40.1 Å². The lowest BCUT2D eigenvalue weighted by Crippen LogP contribution is -2.63. The first-order chi connectivity index (χ1) is 22.4. The van der Waals surface area contributed by atoms with Gasteiger partial charge in [-0.2, -0.15) is 0 Å². The van der Waals surface area contributed by atoms with E-state index in [9.17, 15) is 0 Å². The lowest BCUT2D eigenvalue weighted by Gasteiger charge is -2.47. The summed E-state index contributed by atoms with van der Waals surface area (Å²) in [5.74, 6) is 0.794. The molecular formula is C38H46O7Si. The SMILES string of the molecule is COc1ccc(CO[C@H]2[C@@H](OCc3ccccc3)[C@@H](COCc3ccccc3)O[C@@H](O[Si](C)(C)C)[C@@H]2OCc2ccccc2)cc1. The average Bonchev–Trinajstić information content (AvgIpc) is 3.07. The minimum absolute atomic E-state index is 0.299. The first-order valence-corrected chi connectivity index (χ1v) is 19.3. The van der Waals surface area contributed by atoms with Gasteiger partial charge in [0.15, 0.2) is 14.6 Å². The van der Waals surface area contributed by atoms with E-state index in [0.29, 0.717) is 33.0 Å². The molecule has 0 aromatic heterocycles. The highest BCUT2D eigenvalue weighted by molar-refractivity contribution is 6.69. The summed E-state index contributed by atoms with van der Waals surface area (Å²) < 4.78 is 45.2. The van der Waals surface area contributed by atoms with Gasteiger partial charge in [-0.05, 0) is 54.0 Å². The van der Waals surface area contributed by atoms with Gasteiger partial charge in [-0.3, -0.25) is 0 Å². The largest absolute Gasteiger partial charge is 0.497 e. The van der Waals surface area contributed by atoms with Gasteiger partial charge in [-0.15, -0.1) is 0 Å². The van der Waals surface area contributed by atoms with Crippen LogP contribution in [0.5, 0.6) is 5.75 Å². The molecule has 5 rings (SSSR count). The van der Waals surface area contributed by atoms with Gasteiger partial charge in [0.1, 0.15) is 30.2 Å². The lowest BCUT2D eigenvalue weighted by molar-refractivity contribution is -0.312. The van der Waals surface area contributed by atoms with Crippen LogP contribution < -0.4 is 4.74 Å². The molecule has 1 heterocycles. The van der Waals surface area contributed by atoms with Crippen LogP contribution in [0.1, 0.15) is 22.3 Å². The molecule has 0 aliphatic carbocycles. The summed E-state index contributed by atoms with van der Waals surface area (Å²) >= 11 is 0. The van der Waals surface area contributed by atoms with E-state index < -0.39 is 39.0 Å². The highest BCUT2D eigenvalue weighted by atomic mass is 28.4. The molecule has 0 radical (unpaired) electrons. The Kier molecular flexibility index (Phi) is 12.6. The van der Waals surface area contributed by atoms with Crippen LogP contribution >= 0.6 is 0 Å². The van der Waals surface area contributed by atoms with Gasteiger partial charge in [-0.25, -0.2) is 0 Å². The maximum Gasteiger partial charge on any atom is 0.187 e. The predicted molar refractivity (Wildman–Crippen MR) is 181 cm³/mol. The Morgan fingerprint density at radius 3 is 1.50 bits per heavy atom. The van der Waals surface area contributed by atoms with Crippen LogP contribution in [0.4, 0.5) is 0 Å². The summed E-state index contributed by atoms with van der Waals surface area (Å²) in [5.41, 5.74) is 4.21. The van der Waals surface area contributed by atoms with E-state index in [0.717, 1.165) is 28.0 Å². The fraction of sp³-hybridized carbons (Fsp3) is 0.368. The van der Waals surface area contributed by atoms with Crippen LogP contribution in [-0.4, -0.2) is 52.7 Å². The number of methoxy groups -OCH3 is 1. The van der Waals surface area contributed by atoms with Gasteiger partial charge in [0.2, 0.25) is 0 Å². The third-order valence-corrected chi connectivity index (χ3v) is 8.57. The first kappa shape index (κ1) is 34.0. The molecule has 244 valence electrons. The second kappa shape index (κ2) is 17.0. The van der Waals surface area contributed by atoms with Crippen molar-refractivity contribution in [3.63, 3.8) is 0 Å². The van der Waals surface area contributed by atoms with Gasteiger partial charge in [-0.1, -0.05) is 103 Å². The minimum Gasteiger partial charge on any atom is -0.497 e. The lowest BCUT2D eigenvalue weighted by atomic mass is 9.98. The average molecular weight is 643 g/mol. The molecule has 4 aromatic carbocycles. The van der Waals surface area contributed by atoms with Gasteiger partial charge >= 0.3 is 0 Å². The van der Waals surface area contributed by atoms with E-state index in [1.807, 2.05) is 78.9 Å². The molecule has 1 aliphatic rings. The molecule has 5 atom stereocenters. The molecule has 8 heteroatoms. The molecule has 1 saturated heterocycles. The van der Waals surface area contributed by atoms with E-state index >= 15 is 0 Å². The second-order valence-electron chi connectivity index (χ2n) is 12.4. The standard InChI is InChI=1S/C38H46O7Si/c1-39-33-22-20-32(21-23-33)27-42-36-35(41-25-30-16-10-6-11-17-30)34(28-40-24-29-14-8-5-9-15-29)44-38(45-46(2,3)4)37(36)43-26-31-18-12-7-13-19-31/h5-23,34-38H,24-28H2,1-4H3/t34-,35+,36+,37-,38+/m1/s1. The molecule has 0 bridgehead atoms. The van der Waals surface area contributed by atoms with Crippen molar-refractivity contribution in [3.05, 3.63) is 138 Å². The Labute approximate surface area is 274 Å². The molecule has 1 aliphatic heterocycles. The quantitative estimate of drug-likeness (QED) is 0.117. The van der Waals surface area contributed by atoms with Crippen LogP contribution in [0.25, 0.3) is 0 Å². The van der Waals surface area contributed by atoms with E-state index in [2.05, 4.69) is 56.0 Å². The molecular weight excluding hydrogens is 596 g/mol. The topological polar surface area (TPSA) is 64.6 Å². The third kappa shape index (κ3) is 10.3. The predicted octanol–water partition coefficient (Wildman–Crippen LogP) is 7.54. The molecule has 46 heavy (non-hydrogen) atoms. The Morgan fingerprint density at radius 2 is 1.00 bits per heavy atom. The smallest absolute Gasteiger partial charge is 0.187 e. The maximum absolute atomic E-state index is 6.79. The maximum atomic E-state index is 6.79. The van der Waals surface area contributed by atoms with Gasteiger partial charge < -0.3 is 32.8 Å². The molecule has 0 saturated carbocycles. The summed E-state index contributed by atoms with van der Waals surface area (Å²) in [7, 11) is -0.422. The highest BCUT2D eigenvalue weighted by Crippen LogP contribution is 2.33. The summed E-state index contributed by atoms with van der Waals surface area (Å²) in [6, 6.07) is 38.3. The van der Waals surface area contributed by atoms with Crippen molar-refractivity contribution in [2.45, 2.75) is 76.8 Å². The van der Waals surface area contributed by atoms with Crippen molar-refractivity contribution in [1.82, 2.24) is 0 Å². The van der Waals surface area contributed by atoms with Crippen molar-refractivity contribution in [1.29, 1.82) is 0 Å². The van der Waals surface area contributed by atoms with Crippen LogP contribution in [0.2, 0.25) is 19.6 Å². The monoisotopic (exact) mass is 642 g/mol. The molecule has 0 N–H and O–H groups in total. The van der Waals surface area contributed by atoms with E-state index in [-0.39, 0.29) is 0 Å². The normalized spacial score (nSPS) is 21.6. The summed E-state index contributed by atoms with van der Waals surface area (Å²) in [6.45, 7) is 8.32. The van der Waals surface area contributed by atoms with Gasteiger partial charge in [0, 0.05) is 0 Å². The van der Waals surface area contributed by atoms with Crippen molar-refractivity contribution < 1.29 is 32.8 Å². The molecule has 1 fully saturated rings.